The van der Waals surface area contributed by atoms with Gasteiger partial charge in [-0.05, 0) is 57.9 Å². The average Bonchev–Trinajstić information content (AvgIpc) is 3.53. The molecular weight excluding hydrogens is 484 g/mol. The fourth-order valence-electron chi connectivity index (χ4n) is 7.42. The molecule has 0 saturated heterocycles. The summed E-state index contributed by atoms with van der Waals surface area (Å²) < 4.78 is 4.94. The van der Waals surface area contributed by atoms with Crippen molar-refractivity contribution in [3.63, 3.8) is 0 Å². The minimum Gasteiger partial charge on any atom is -0.309 e. The van der Waals surface area contributed by atoms with Crippen LogP contribution in [0.4, 0.5) is 0 Å². The lowest BCUT2D eigenvalue weighted by Gasteiger charge is -2.16. The molecule has 40 heavy (non-hydrogen) atoms. The van der Waals surface area contributed by atoms with Crippen LogP contribution in [-0.4, -0.2) is 9.13 Å². The molecular formula is C38H22N2. The van der Waals surface area contributed by atoms with E-state index >= 15 is 0 Å². The van der Waals surface area contributed by atoms with Crippen LogP contribution in [-0.2, 0) is 0 Å². The summed E-state index contributed by atoms with van der Waals surface area (Å²) in [5.41, 5.74) is 7.44. The maximum absolute atomic E-state index is 2.47. The predicted octanol–water partition coefficient (Wildman–Crippen LogP) is 10.2. The molecule has 0 N–H and O–H groups in total. The summed E-state index contributed by atoms with van der Waals surface area (Å²) >= 11 is 0. The van der Waals surface area contributed by atoms with Gasteiger partial charge in [-0.25, -0.2) is 0 Å². The third kappa shape index (κ3) is 2.41. The van der Waals surface area contributed by atoms with Crippen LogP contribution in [0.3, 0.4) is 0 Å². The van der Waals surface area contributed by atoms with Gasteiger partial charge in [-0.1, -0.05) is 97.1 Å². The second kappa shape index (κ2) is 7.19. The molecule has 0 spiro atoms. The predicted molar refractivity (Wildman–Crippen MR) is 170 cm³/mol. The molecule has 0 saturated carbocycles. The fourth-order valence-corrected chi connectivity index (χ4v) is 7.42. The van der Waals surface area contributed by atoms with Gasteiger partial charge in [0.1, 0.15) is 0 Å². The number of aromatic nitrogens is 2. The van der Waals surface area contributed by atoms with Crippen LogP contribution in [0.5, 0.6) is 0 Å². The van der Waals surface area contributed by atoms with Crippen molar-refractivity contribution in [1.82, 2.24) is 9.13 Å². The standard InChI is InChI=1S/C38H22N2/c1-7-23-19-20-24-8-2-16-32-36(24)35(23)31(15-1)39(32)29-13-5-12-28-27(29)11-6-14-30(28)40-33-17-3-9-25-21-22-26-10-4-18-34(40)38(26)37(25)33/h1-22H. The summed E-state index contributed by atoms with van der Waals surface area (Å²) in [7, 11) is 0. The number of hydrogen-bond acceptors (Lipinski definition) is 0. The molecule has 0 aliphatic rings. The summed E-state index contributed by atoms with van der Waals surface area (Å²) in [4.78, 5) is 0. The van der Waals surface area contributed by atoms with Gasteiger partial charge in [-0.2, -0.15) is 0 Å². The minimum atomic E-state index is 1.21. The zero-order chi connectivity index (χ0) is 25.9. The van der Waals surface area contributed by atoms with E-state index in [0.717, 1.165) is 0 Å². The lowest BCUT2D eigenvalue weighted by molar-refractivity contribution is 1.18. The first-order chi connectivity index (χ1) is 19.9. The highest BCUT2D eigenvalue weighted by molar-refractivity contribution is 6.26. The third-order valence-electron chi connectivity index (χ3n) is 9.01. The van der Waals surface area contributed by atoms with Crippen LogP contribution in [0.15, 0.2) is 133 Å². The first-order valence-electron chi connectivity index (χ1n) is 13.9. The summed E-state index contributed by atoms with van der Waals surface area (Å²) in [6, 6.07) is 49.3. The molecule has 10 rings (SSSR count). The maximum atomic E-state index is 2.47. The Labute approximate surface area is 229 Å². The zero-order valence-corrected chi connectivity index (χ0v) is 21.6. The van der Waals surface area contributed by atoms with E-state index in [2.05, 4.69) is 143 Å². The monoisotopic (exact) mass is 506 g/mol. The molecule has 2 nitrogen and oxygen atoms in total. The first-order valence-corrected chi connectivity index (χ1v) is 13.9. The van der Waals surface area contributed by atoms with E-state index < -0.39 is 0 Å². The Balaban J connectivity index is 1.36. The van der Waals surface area contributed by atoms with Crippen molar-refractivity contribution in [3.05, 3.63) is 133 Å². The van der Waals surface area contributed by atoms with Gasteiger partial charge in [-0.15, -0.1) is 0 Å². The number of rotatable bonds is 2. The molecule has 0 unspecified atom stereocenters. The molecule has 2 aromatic heterocycles. The fraction of sp³-hybridized carbons (Fsp3) is 0. The molecule has 0 radical (unpaired) electrons. The van der Waals surface area contributed by atoms with Crippen molar-refractivity contribution in [2.45, 2.75) is 0 Å². The van der Waals surface area contributed by atoms with Gasteiger partial charge in [0, 0.05) is 32.3 Å². The van der Waals surface area contributed by atoms with E-state index in [1.807, 2.05) is 0 Å². The molecule has 0 atom stereocenters. The highest BCUT2D eigenvalue weighted by Gasteiger charge is 2.20. The molecule has 0 fully saturated rings. The molecule has 0 aliphatic carbocycles. The largest absolute Gasteiger partial charge is 0.309 e. The molecule has 2 heterocycles. The normalized spacial score (nSPS) is 12.5. The molecule has 0 bridgehead atoms. The van der Waals surface area contributed by atoms with E-state index in [9.17, 15) is 0 Å². The van der Waals surface area contributed by atoms with Crippen molar-refractivity contribution in [1.29, 1.82) is 0 Å². The number of hydrogen-bond donors (Lipinski definition) is 0. The molecule has 10 aromatic rings. The average molecular weight is 507 g/mol. The zero-order valence-electron chi connectivity index (χ0n) is 21.6. The van der Waals surface area contributed by atoms with E-state index in [1.54, 1.807) is 0 Å². The Hall–Kier alpha value is -5.34. The van der Waals surface area contributed by atoms with Gasteiger partial charge in [0.15, 0.2) is 0 Å². The third-order valence-corrected chi connectivity index (χ3v) is 9.01. The Kier molecular flexibility index (Phi) is 3.70. The van der Waals surface area contributed by atoms with Crippen LogP contribution in [0.2, 0.25) is 0 Å². The quantitative estimate of drug-likeness (QED) is 0.206. The minimum absolute atomic E-state index is 1.21. The SMILES string of the molecule is c1cc(-n2c3cccc4ccc5cccc2c5c43)c2cccc(-n3c4cccc5ccc6cccc3c6c54)c2c1. The van der Waals surface area contributed by atoms with Crippen molar-refractivity contribution < 1.29 is 0 Å². The van der Waals surface area contributed by atoms with Crippen molar-refractivity contribution in [2.75, 3.05) is 0 Å². The van der Waals surface area contributed by atoms with E-state index in [0.29, 0.717) is 0 Å². The number of fused-ring (bicyclic) bond motifs is 1. The van der Waals surface area contributed by atoms with Crippen LogP contribution in [0.25, 0.3) is 87.3 Å². The topological polar surface area (TPSA) is 9.86 Å². The van der Waals surface area contributed by atoms with Crippen molar-refractivity contribution in [2.24, 2.45) is 0 Å². The lowest BCUT2D eigenvalue weighted by atomic mass is 10.0. The Morgan fingerprint density at radius 1 is 0.275 bits per heavy atom. The molecule has 8 aromatic carbocycles. The summed E-state index contributed by atoms with van der Waals surface area (Å²) in [5.74, 6) is 0. The smallest absolute Gasteiger partial charge is 0.0547 e. The summed E-state index contributed by atoms with van der Waals surface area (Å²) in [5, 5.41) is 13.0. The lowest BCUT2D eigenvalue weighted by Crippen LogP contribution is -1.99. The second-order valence-corrected chi connectivity index (χ2v) is 11.0. The van der Waals surface area contributed by atoms with Gasteiger partial charge in [-0.3, -0.25) is 0 Å². The maximum Gasteiger partial charge on any atom is 0.0547 e. The first kappa shape index (κ1) is 20.6. The molecule has 0 aliphatic heterocycles. The van der Waals surface area contributed by atoms with Crippen LogP contribution >= 0.6 is 0 Å². The summed E-state index contributed by atoms with van der Waals surface area (Å²) in [6.45, 7) is 0. The van der Waals surface area contributed by atoms with Gasteiger partial charge in [0.05, 0.1) is 33.4 Å². The van der Waals surface area contributed by atoms with Crippen LogP contribution < -0.4 is 0 Å². The van der Waals surface area contributed by atoms with E-state index in [4.69, 9.17) is 0 Å². The molecule has 2 heteroatoms. The Morgan fingerprint density at radius 3 is 0.900 bits per heavy atom. The summed E-state index contributed by atoms with van der Waals surface area (Å²) in [6.07, 6.45) is 0. The highest BCUT2D eigenvalue weighted by atomic mass is 15.0. The second-order valence-electron chi connectivity index (χ2n) is 11.0. The number of benzene rings is 8. The van der Waals surface area contributed by atoms with Gasteiger partial charge < -0.3 is 9.13 Å². The molecule has 0 amide bonds. The van der Waals surface area contributed by atoms with E-state index in [1.165, 1.54) is 87.3 Å². The van der Waals surface area contributed by atoms with Crippen molar-refractivity contribution >= 4 is 75.9 Å². The number of nitrogens with zero attached hydrogens (tertiary/aromatic N) is 2. The van der Waals surface area contributed by atoms with Gasteiger partial charge in [0.25, 0.3) is 0 Å². The highest BCUT2D eigenvalue weighted by Crippen LogP contribution is 2.43. The van der Waals surface area contributed by atoms with Gasteiger partial charge in [0.2, 0.25) is 0 Å². The van der Waals surface area contributed by atoms with Gasteiger partial charge >= 0.3 is 0 Å². The van der Waals surface area contributed by atoms with Crippen LogP contribution in [0, 0.1) is 0 Å². The Bertz CT molecular complexity index is 2280. The Morgan fingerprint density at radius 2 is 0.575 bits per heavy atom. The molecule has 184 valence electrons. The van der Waals surface area contributed by atoms with E-state index in [-0.39, 0.29) is 0 Å². The van der Waals surface area contributed by atoms with Crippen LogP contribution in [0.1, 0.15) is 0 Å². The van der Waals surface area contributed by atoms with Crippen molar-refractivity contribution in [3.8, 4) is 11.4 Å².